The zero-order valence-electron chi connectivity index (χ0n) is 18.1. The molecule has 0 aromatic heterocycles. The van der Waals surface area contributed by atoms with E-state index in [2.05, 4.69) is 16.7 Å². The number of rotatable bonds is 6. The average molecular weight is 440 g/mol. The molecular formula is C24H26FN3O2S. The Morgan fingerprint density at radius 1 is 1.13 bits per heavy atom. The monoisotopic (exact) mass is 439 g/mol. The Balaban J connectivity index is 1.95. The minimum atomic E-state index is -0.409. The third-order valence-electron chi connectivity index (χ3n) is 4.88. The largest absolute Gasteiger partial charge is 0.490 e. The molecule has 3 rings (SSSR count). The van der Waals surface area contributed by atoms with Gasteiger partial charge >= 0.3 is 0 Å². The first-order valence-corrected chi connectivity index (χ1v) is 10.5. The number of benzene rings is 2. The third-order valence-corrected chi connectivity index (χ3v) is 5.10. The summed E-state index contributed by atoms with van der Waals surface area (Å²) in [7, 11) is 0. The number of hydrogen-bond acceptors (Lipinski definition) is 4. The van der Waals surface area contributed by atoms with E-state index in [4.69, 9.17) is 21.7 Å². The van der Waals surface area contributed by atoms with Crippen LogP contribution in [0.5, 0.6) is 11.5 Å². The molecule has 0 saturated carbocycles. The molecule has 1 heterocycles. The molecule has 1 aliphatic rings. The van der Waals surface area contributed by atoms with Gasteiger partial charge in [0.25, 0.3) is 0 Å². The quantitative estimate of drug-likeness (QED) is 0.607. The Kier molecular flexibility index (Phi) is 6.81. The van der Waals surface area contributed by atoms with Crippen molar-refractivity contribution in [1.29, 1.82) is 5.26 Å². The van der Waals surface area contributed by atoms with Crippen LogP contribution in [0.2, 0.25) is 0 Å². The van der Waals surface area contributed by atoms with Crippen molar-refractivity contribution in [2.75, 3.05) is 6.61 Å². The van der Waals surface area contributed by atoms with Crippen LogP contribution >= 0.6 is 12.2 Å². The molecule has 2 aromatic carbocycles. The molecule has 1 atom stereocenters. The van der Waals surface area contributed by atoms with Crippen LogP contribution in [0, 0.1) is 22.6 Å². The molecule has 5 nitrogen and oxygen atoms in total. The summed E-state index contributed by atoms with van der Waals surface area (Å²) in [5.41, 5.74) is 2.37. The van der Waals surface area contributed by atoms with Crippen molar-refractivity contribution in [3.05, 3.63) is 70.7 Å². The van der Waals surface area contributed by atoms with E-state index in [1.807, 2.05) is 39.8 Å². The highest BCUT2D eigenvalue weighted by atomic mass is 32.1. The predicted octanol–water partition coefficient (Wildman–Crippen LogP) is 5.15. The van der Waals surface area contributed by atoms with Crippen LogP contribution < -0.4 is 20.1 Å². The summed E-state index contributed by atoms with van der Waals surface area (Å²) < 4.78 is 25.6. The topological polar surface area (TPSA) is 66.3 Å². The van der Waals surface area contributed by atoms with E-state index >= 15 is 0 Å². The molecule has 0 aliphatic carbocycles. The van der Waals surface area contributed by atoms with E-state index in [1.54, 1.807) is 24.3 Å². The highest BCUT2D eigenvalue weighted by Gasteiger charge is 2.32. The SMILES string of the molecule is CCOc1cc([C@H]2NC(=S)NC(C(C)(C)C)=C2C#N)ccc1OCc1ccccc1F. The van der Waals surface area contributed by atoms with E-state index in [9.17, 15) is 9.65 Å². The summed E-state index contributed by atoms with van der Waals surface area (Å²) in [5.74, 6) is 0.712. The van der Waals surface area contributed by atoms with Gasteiger partial charge in [-0.2, -0.15) is 5.26 Å². The first-order valence-electron chi connectivity index (χ1n) is 10.1. The molecule has 7 heteroatoms. The van der Waals surface area contributed by atoms with Crippen molar-refractivity contribution in [1.82, 2.24) is 10.6 Å². The van der Waals surface area contributed by atoms with Crippen LogP contribution in [0.25, 0.3) is 0 Å². The standard InChI is InChI=1S/C24H26FN3O2S/c1-5-29-20-12-15(10-11-19(20)30-14-16-8-6-7-9-18(16)25)21-17(13-26)22(24(2,3)4)28-23(31)27-21/h6-12,21H,5,14H2,1-4H3,(H2,27,28,31)/t21-/m1/s1. The maximum absolute atomic E-state index is 13.9. The second-order valence-electron chi connectivity index (χ2n) is 8.20. The van der Waals surface area contributed by atoms with Gasteiger partial charge in [-0.05, 0) is 42.9 Å². The number of hydrogen-bond donors (Lipinski definition) is 2. The predicted molar refractivity (Wildman–Crippen MR) is 122 cm³/mol. The summed E-state index contributed by atoms with van der Waals surface area (Å²) in [5, 5.41) is 16.7. The zero-order valence-corrected chi connectivity index (χ0v) is 18.9. The molecule has 0 saturated heterocycles. The first kappa shape index (κ1) is 22.6. The number of halogens is 1. The molecule has 0 bridgehead atoms. The number of allylic oxidation sites excluding steroid dienone is 1. The van der Waals surface area contributed by atoms with E-state index in [0.29, 0.717) is 34.4 Å². The summed E-state index contributed by atoms with van der Waals surface area (Å²) in [6, 6.07) is 13.9. The van der Waals surface area contributed by atoms with Crippen LogP contribution in [0.3, 0.4) is 0 Å². The van der Waals surface area contributed by atoms with Gasteiger partial charge in [-0.3, -0.25) is 0 Å². The lowest BCUT2D eigenvalue weighted by Crippen LogP contribution is -2.46. The molecule has 0 amide bonds. The van der Waals surface area contributed by atoms with Gasteiger partial charge in [0, 0.05) is 16.7 Å². The molecule has 2 aromatic rings. The summed E-state index contributed by atoms with van der Waals surface area (Å²) in [6.45, 7) is 8.49. The smallest absolute Gasteiger partial charge is 0.171 e. The third kappa shape index (κ3) is 5.15. The van der Waals surface area contributed by atoms with Crippen LogP contribution in [0.15, 0.2) is 53.7 Å². The Hall–Kier alpha value is -3.11. The van der Waals surface area contributed by atoms with Gasteiger partial charge in [0.2, 0.25) is 0 Å². The van der Waals surface area contributed by atoms with Gasteiger partial charge in [0.05, 0.1) is 24.3 Å². The lowest BCUT2D eigenvalue weighted by atomic mass is 9.84. The number of nitriles is 1. The highest BCUT2D eigenvalue weighted by Crippen LogP contribution is 2.38. The second-order valence-corrected chi connectivity index (χ2v) is 8.61. The molecule has 0 unspecified atom stereocenters. The zero-order chi connectivity index (χ0) is 22.6. The lowest BCUT2D eigenvalue weighted by molar-refractivity contribution is 0.265. The normalized spacial score (nSPS) is 16.3. The maximum Gasteiger partial charge on any atom is 0.171 e. The van der Waals surface area contributed by atoms with Crippen molar-refractivity contribution in [3.63, 3.8) is 0 Å². The minimum absolute atomic E-state index is 0.0826. The van der Waals surface area contributed by atoms with Crippen molar-refractivity contribution >= 4 is 17.3 Å². The Morgan fingerprint density at radius 3 is 2.52 bits per heavy atom. The average Bonchev–Trinajstić information content (AvgIpc) is 2.73. The Labute approximate surface area is 187 Å². The molecule has 31 heavy (non-hydrogen) atoms. The minimum Gasteiger partial charge on any atom is -0.490 e. The van der Waals surface area contributed by atoms with Crippen molar-refractivity contribution < 1.29 is 13.9 Å². The summed E-state index contributed by atoms with van der Waals surface area (Å²) >= 11 is 5.39. The summed E-state index contributed by atoms with van der Waals surface area (Å²) in [4.78, 5) is 0. The lowest BCUT2D eigenvalue weighted by Gasteiger charge is -2.35. The molecular weight excluding hydrogens is 413 g/mol. The van der Waals surface area contributed by atoms with Crippen LogP contribution in [-0.2, 0) is 6.61 Å². The van der Waals surface area contributed by atoms with Crippen LogP contribution in [-0.4, -0.2) is 11.7 Å². The first-order chi connectivity index (χ1) is 14.7. The van der Waals surface area contributed by atoms with Crippen molar-refractivity contribution in [2.24, 2.45) is 5.41 Å². The van der Waals surface area contributed by atoms with E-state index in [-0.39, 0.29) is 17.8 Å². The van der Waals surface area contributed by atoms with Crippen LogP contribution in [0.4, 0.5) is 4.39 Å². The van der Waals surface area contributed by atoms with Gasteiger partial charge in [-0.15, -0.1) is 0 Å². The molecule has 1 aliphatic heterocycles. The molecule has 0 fully saturated rings. The van der Waals surface area contributed by atoms with E-state index in [1.165, 1.54) is 6.07 Å². The number of thiocarbonyl (C=S) groups is 1. The van der Waals surface area contributed by atoms with Gasteiger partial charge in [-0.1, -0.05) is 45.0 Å². The fourth-order valence-electron chi connectivity index (χ4n) is 3.39. The van der Waals surface area contributed by atoms with E-state index < -0.39 is 6.04 Å². The maximum atomic E-state index is 13.9. The van der Waals surface area contributed by atoms with Crippen molar-refractivity contribution in [2.45, 2.75) is 40.3 Å². The fourth-order valence-corrected chi connectivity index (χ4v) is 3.61. The van der Waals surface area contributed by atoms with Gasteiger partial charge < -0.3 is 20.1 Å². The van der Waals surface area contributed by atoms with Crippen LogP contribution in [0.1, 0.15) is 44.9 Å². The highest BCUT2D eigenvalue weighted by molar-refractivity contribution is 7.80. The number of nitrogens with zero attached hydrogens (tertiary/aromatic N) is 1. The molecule has 2 N–H and O–H groups in total. The summed E-state index contributed by atoms with van der Waals surface area (Å²) in [6.07, 6.45) is 0. The van der Waals surface area contributed by atoms with Gasteiger partial charge in [0.1, 0.15) is 12.4 Å². The molecule has 162 valence electrons. The van der Waals surface area contributed by atoms with E-state index in [0.717, 1.165) is 11.3 Å². The molecule has 0 radical (unpaired) electrons. The van der Waals surface area contributed by atoms with Crippen molar-refractivity contribution in [3.8, 4) is 17.6 Å². The fraction of sp³-hybridized carbons (Fsp3) is 0.333. The van der Waals surface area contributed by atoms with Gasteiger partial charge in [-0.25, -0.2) is 4.39 Å². The number of ether oxygens (including phenoxy) is 2. The van der Waals surface area contributed by atoms with Gasteiger partial charge in [0.15, 0.2) is 16.6 Å². The Morgan fingerprint density at radius 2 is 1.87 bits per heavy atom. The Bertz CT molecular complexity index is 1050. The number of nitrogens with one attached hydrogen (secondary N) is 2. The second kappa shape index (κ2) is 9.36. The molecule has 0 spiro atoms.